The molecule has 0 saturated heterocycles. The molecule has 3 rings (SSSR count). The predicted molar refractivity (Wildman–Crippen MR) is 85.6 cm³/mol. The Morgan fingerprint density at radius 2 is 1.36 bits per heavy atom. The van der Waals surface area contributed by atoms with Gasteiger partial charge >= 0.3 is 11.0 Å². The zero-order valence-corrected chi connectivity index (χ0v) is 15.0. The van der Waals surface area contributed by atoms with Gasteiger partial charge in [0, 0.05) is 6.42 Å². The van der Waals surface area contributed by atoms with Crippen molar-refractivity contribution in [1.29, 1.82) is 0 Å². The van der Waals surface area contributed by atoms with Crippen molar-refractivity contribution in [1.82, 2.24) is 0 Å². The summed E-state index contributed by atoms with van der Waals surface area (Å²) >= 11 is 0. The van der Waals surface area contributed by atoms with Gasteiger partial charge in [-0.1, -0.05) is 24.3 Å². The molecule has 152 valence electrons. The summed E-state index contributed by atoms with van der Waals surface area (Å²) in [6, 6.07) is 6.22. The number of fused-ring (bicyclic) bond motifs is 3. The molecule has 0 bridgehead atoms. The van der Waals surface area contributed by atoms with Crippen LogP contribution in [-0.4, -0.2) is 27.9 Å². The fourth-order valence-corrected chi connectivity index (χ4v) is 5.48. The number of alkyl halides is 6. The van der Waals surface area contributed by atoms with Gasteiger partial charge in [-0.15, -0.1) is 0 Å². The Balaban J connectivity index is 2.50. The van der Waals surface area contributed by atoms with Crippen LogP contribution in [0.2, 0.25) is 0 Å². The number of nitrogens with two attached hydrogens (primary N) is 1. The minimum absolute atomic E-state index is 0.163. The fraction of sp³-hybridized carbons (Fsp3) is 0.200. The molecule has 13 heteroatoms. The van der Waals surface area contributed by atoms with E-state index in [-0.39, 0.29) is 23.1 Å². The lowest BCUT2D eigenvalue weighted by Gasteiger charge is -2.19. The Hall–Kier alpha value is -2.28. The zero-order chi connectivity index (χ0) is 21.3. The number of halogens is 6. The van der Waals surface area contributed by atoms with E-state index in [0.717, 1.165) is 0 Å². The first-order chi connectivity index (χ1) is 12.6. The summed E-state index contributed by atoms with van der Waals surface area (Å²) in [5.41, 5.74) is -7.41. The molecule has 0 aromatic heterocycles. The van der Waals surface area contributed by atoms with Gasteiger partial charge in [-0.2, -0.15) is 26.3 Å². The van der Waals surface area contributed by atoms with Crippen LogP contribution in [0, 0.1) is 0 Å². The largest absolute Gasteiger partial charge is 0.502 e. The molecule has 1 aliphatic carbocycles. The Bertz CT molecular complexity index is 1200. The molecule has 0 unspecified atom stereocenters. The maximum Gasteiger partial charge on any atom is 0.502 e. The van der Waals surface area contributed by atoms with Gasteiger partial charge in [-0.3, -0.25) is 0 Å². The van der Waals surface area contributed by atoms with E-state index in [1.165, 1.54) is 18.2 Å². The molecule has 0 amide bonds. The molecule has 5 nitrogen and oxygen atoms in total. The van der Waals surface area contributed by atoms with E-state index in [1.54, 1.807) is 6.07 Å². The monoisotopic (exact) mass is 445 g/mol. The van der Waals surface area contributed by atoms with E-state index in [4.69, 9.17) is 5.73 Å². The number of anilines is 1. The second-order valence-corrected chi connectivity index (χ2v) is 9.66. The summed E-state index contributed by atoms with van der Waals surface area (Å²) < 4.78 is 126. The first kappa shape index (κ1) is 20.5. The maximum atomic E-state index is 13.1. The quantitative estimate of drug-likeness (QED) is 0.482. The molecular formula is C15H9F6NO4S2. The van der Waals surface area contributed by atoms with Crippen LogP contribution in [0.15, 0.2) is 40.1 Å². The van der Waals surface area contributed by atoms with Gasteiger partial charge in [0.25, 0.3) is 19.7 Å². The van der Waals surface area contributed by atoms with Crippen molar-refractivity contribution in [2.75, 3.05) is 5.73 Å². The number of nitrogen functional groups attached to an aromatic ring is 1. The molecule has 0 heterocycles. The van der Waals surface area contributed by atoms with Crippen LogP contribution >= 0.6 is 0 Å². The van der Waals surface area contributed by atoms with Gasteiger partial charge < -0.3 is 5.73 Å². The van der Waals surface area contributed by atoms with Crippen molar-refractivity contribution in [3.8, 4) is 11.1 Å². The number of benzene rings is 2. The van der Waals surface area contributed by atoms with Gasteiger partial charge in [-0.05, 0) is 28.3 Å². The van der Waals surface area contributed by atoms with Gasteiger partial charge in [0.1, 0.15) is 4.90 Å². The highest BCUT2D eigenvalue weighted by Gasteiger charge is 2.55. The maximum absolute atomic E-state index is 13.1. The lowest BCUT2D eigenvalue weighted by molar-refractivity contribution is -0.0456. The average molecular weight is 445 g/mol. The molecule has 1 aliphatic rings. The number of hydrogen-bond donors (Lipinski definition) is 1. The molecule has 2 aromatic carbocycles. The Labute approximate surface area is 154 Å². The van der Waals surface area contributed by atoms with Gasteiger partial charge in [0.05, 0.1) is 10.6 Å². The van der Waals surface area contributed by atoms with Crippen LogP contribution in [0.25, 0.3) is 11.1 Å². The van der Waals surface area contributed by atoms with Crippen molar-refractivity contribution in [3.05, 3.63) is 41.5 Å². The summed E-state index contributed by atoms with van der Waals surface area (Å²) in [4.78, 5) is -4.16. The van der Waals surface area contributed by atoms with Crippen LogP contribution in [0.5, 0.6) is 0 Å². The lowest BCUT2D eigenvalue weighted by atomic mass is 10.1. The summed E-state index contributed by atoms with van der Waals surface area (Å²) in [7, 11) is -13.0. The van der Waals surface area contributed by atoms with Crippen molar-refractivity contribution in [3.63, 3.8) is 0 Å². The molecule has 0 saturated carbocycles. The minimum Gasteiger partial charge on any atom is -0.397 e. The SMILES string of the molecule is Nc1c2c(cc(S(=O)(=O)C(F)(F)F)c1S(=O)(=O)C(F)(F)F)-c1ccccc1C2. The molecular weight excluding hydrogens is 436 g/mol. The standard InChI is InChI=1S/C15H9F6NO4S2/c16-14(17,18)27(23,24)11-6-9-8-4-2-1-3-7(8)5-10(9)12(22)13(11)28(25,26)15(19,20)21/h1-4,6H,5,22H2. The molecule has 0 fully saturated rings. The molecule has 2 N–H and O–H groups in total. The van der Waals surface area contributed by atoms with Crippen molar-refractivity contribution in [2.24, 2.45) is 0 Å². The second-order valence-electron chi connectivity index (χ2n) is 5.88. The van der Waals surface area contributed by atoms with E-state index in [0.29, 0.717) is 11.6 Å². The number of rotatable bonds is 2. The van der Waals surface area contributed by atoms with Crippen LogP contribution in [0.3, 0.4) is 0 Å². The zero-order valence-electron chi connectivity index (χ0n) is 13.4. The topological polar surface area (TPSA) is 94.3 Å². The average Bonchev–Trinajstić information content (AvgIpc) is 2.91. The normalized spacial score (nSPS) is 14.6. The molecule has 0 atom stereocenters. The molecule has 0 spiro atoms. The smallest absolute Gasteiger partial charge is 0.397 e. The van der Waals surface area contributed by atoms with E-state index >= 15 is 0 Å². The van der Waals surface area contributed by atoms with Gasteiger partial charge in [-0.25, -0.2) is 16.8 Å². The first-order valence-corrected chi connectivity index (χ1v) is 10.2. The van der Waals surface area contributed by atoms with Crippen LogP contribution in [0.4, 0.5) is 32.0 Å². The Kier molecular flexibility index (Phi) is 4.28. The van der Waals surface area contributed by atoms with Crippen LogP contribution in [0.1, 0.15) is 11.1 Å². The van der Waals surface area contributed by atoms with Crippen molar-refractivity contribution < 1.29 is 43.2 Å². The van der Waals surface area contributed by atoms with Gasteiger partial charge in [0.2, 0.25) is 0 Å². The second kappa shape index (κ2) is 5.86. The highest BCUT2D eigenvalue weighted by Crippen LogP contribution is 2.48. The summed E-state index contributed by atoms with van der Waals surface area (Å²) in [6.07, 6.45) is -0.163. The number of sulfone groups is 2. The Morgan fingerprint density at radius 3 is 1.89 bits per heavy atom. The lowest BCUT2D eigenvalue weighted by Crippen LogP contribution is -2.30. The third-order valence-corrected chi connectivity index (χ3v) is 7.46. The van der Waals surface area contributed by atoms with Crippen molar-refractivity contribution in [2.45, 2.75) is 27.2 Å². The molecule has 28 heavy (non-hydrogen) atoms. The third-order valence-electron chi connectivity index (χ3n) is 4.24. The van der Waals surface area contributed by atoms with Crippen LogP contribution < -0.4 is 5.73 Å². The van der Waals surface area contributed by atoms with E-state index < -0.39 is 46.2 Å². The van der Waals surface area contributed by atoms with E-state index in [1.807, 2.05) is 0 Å². The predicted octanol–water partition coefficient (Wildman–Crippen LogP) is 3.43. The summed E-state index contributed by atoms with van der Waals surface area (Å²) in [5, 5.41) is 0. The number of hydrogen-bond acceptors (Lipinski definition) is 5. The van der Waals surface area contributed by atoms with E-state index in [9.17, 15) is 43.2 Å². The Morgan fingerprint density at radius 1 is 0.821 bits per heavy atom. The highest BCUT2D eigenvalue weighted by molar-refractivity contribution is 7.95. The summed E-state index contributed by atoms with van der Waals surface area (Å²) in [6.45, 7) is 0. The fourth-order valence-electron chi connectivity index (χ4n) is 2.97. The van der Waals surface area contributed by atoms with Gasteiger partial charge in [0.15, 0.2) is 0 Å². The minimum atomic E-state index is -6.49. The molecule has 0 radical (unpaired) electrons. The van der Waals surface area contributed by atoms with E-state index in [2.05, 4.69) is 0 Å². The summed E-state index contributed by atoms with van der Waals surface area (Å²) in [5.74, 6) is 0. The highest BCUT2D eigenvalue weighted by atomic mass is 32.2. The third kappa shape index (κ3) is 2.75. The molecule has 0 aliphatic heterocycles. The molecule has 2 aromatic rings. The first-order valence-electron chi connectivity index (χ1n) is 7.27. The van der Waals surface area contributed by atoms with Crippen molar-refractivity contribution >= 4 is 25.4 Å². The van der Waals surface area contributed by atoms with Crippen LogP contribution in [-0.2, 0) is 26.1 Å².